The molecule has 6 heteroatoms. The van der Waals surface area contributed by atoms with Crippen molar-refractivity contribution >= 4 is 23.2 Å². The number of hydrogen-bond donors (Lipinski definition) is 3. The predicted molar refractivity (Wildman–Crippen MR) is 105 cm³/mol. The third-order valence-corrected chi connectivity index (χ3v) is 9.61. The van der Waals surface area contributed by atoms with Crippen LogP contribution in [0.4, 0.5) is 0 Å². The van der Waals surface area contributed by atoms with Gasteiger partial charge >= 0.3 is 0 Å². The summed E-state index contributed by atoms with van der Waals surface area (Å²) in [4.78, 5) is 23.7. The van der Waals surface area contributed by atoms with E-state index in [2.05, 4.69) is 6.08 Å². The number of ketones is 2. The van der Waals surface area contributed by atoms with Gasteiger partial charge in [0.15, 0.2) is 11.6 Å². The SMILES string of the molecule is CC1=C[C@@]2(C)C(=CC[C@H]3[C@@H]4CC[C@](O)(C(=O)CO)[C@@]4(C)CC(O)[C@@]32Cl)CC1=O. The van der Waals surface area contributed by atoms with Gasteiger partial charge in [0.05, 0.1) is 11.0 Å². The van der Waals surface area contributed by atoms with E-state index in [1.807, 2.05) is 19.9 Å². The van der Waals surface area contributed by atoms with Crippen LogP contribution in [0.15, 0.2) is 23.3 Å². The molecule has 0 bridgehead atoms. The number of Topliss-reactive ketones (excluding diaryl/α,β-unsaturated/α-hetero) is 2. The summed E-state index contributed by atoms with van der Waals surface area (Å²) >= 11 is 7.33. The molecule has 4 aliphatic rings. The quantitative estimate of drug-likeness (QED) is 0.481. The molecule has 0 heterocycles. The molecule has 2 fully saturated rings. The van der Waals surface area contributed by atoms with Gasteiger partial charge in [-0.1, -0.05) is 31.6 Å². The van der Waals surface area contributed by atoms with E-state index in [4.69, 9.17) is 11.6 Å². The molecule has 4 rings (SSSR count). The minimum atomic E-state index is -1.65. The van der Waals surface area contributed by atoms with Crippen molar-refractivity contribution in [2.45, 2.75) is 69.5 Å². The summed E-state index contributed by atoms with van der Waals surface area (Å²) in [5.74, 6) is -0.699. The molecule has 0 aromatic carbocycles. The predicted octanol–water partition coefficient (Wildman–Crippen LogP) is 2.31. The number of aliphatic hydroxyl groups excluding tert-OH is 2. The van der Waals surface area contributed by atoms with Gasteiger partial charge in [-0.2, -0.15) is 0 Å². The van der Waals surface area contributed by atoms with Crippen LogP contribution in [0.5, 0.6) is 0 Å². The van der Waals surface area contributed by atoms with Gasteiger partial charge in [-0.05, 0) is 50.0 Å². The van der Waals surface area contributed by atoms with Gasteiger partial charge in [0, 0.05) is 17.3 Å². The lowest BCUT2D eigenvalue weighted by atomic mass is 9.46. The van der Waals surface area contributed by atoms with Crippen LogP contribution in [0.25, 0.3) is 0 Å². The number of fused-ring (bicyclic) bond motifs is 5. The molecule has 0 saturated heterocycles. The van der Waals surface area contributed by atoms with E-state index in [1.54, 1.807) is 6.92 Å². The molecule has 3 N–H and O–H groups in total. The minimum absolute atomic E-state index is 0.0603. The third-order valence-electron chi connectivity index (χ3n) is 8.69. The van der Waals surface area contributed by atoms with Crippen LogP contribution in [0.3, 0.4) is 0 Å². The average molecular weight is 409 g/mol. The van der Waals surface area contributed by atoms with Gasteiger partial charge in [-0.25, -0.2) is 0 Å². The van der Waals surface area contributed by atoms with Gasteiger partial charge in [-0.15, -0.1) is 11.6 Å². The summed E-state index contributed by atoms with van der Waals surface area (Å²) in [5, 5.41) is 32.0. The highest BCUT2D eigenvalue weighted by molar-refractivity contribution is 6.26. The molecule has 0 spiro atoms. The highest BCUT2D eigenvalue weighted by Crippen LogP contribution is 2.70. The molecule has 5 nitrogen and oxygen atoms in total. The Kier molecular flexibility index (Phi) is 4.35. The molecule has 4 aliphatic carbocycles. The van der Waals surface area contributed by atoms with Gasteiger partial charge in [0.1, 0.15) is 12.2 Å². The second-order valence-corrected chi connectivity index (χ2v) is 10.3. The van der Waals surface area contributed by atoms with Gasteiger partial charge in [0.25, 0.3) is 0 Å². The normalized spacial score (nSPS) is 50.2. The fourth-order valence-electron chi connectivity index (χ4n) is 7.00. The van der Waals surface area contributed by atoms with Gasteiger partial charge in [-0.3, -0.25) is 9.59 Å². The maximum atomic E-state index is 12.4. The van der Waals surface area contributed by atoms with Crippen molar-refractivity contribution in [3.8, 4) is 0 Å². The summed E-state index contributed by atoms with van der Waals surface area (Å²) in [6.45, 7) is 4.93. The van der Waals surface area contributed by atoms with E-state index in [1.165, 1.54) is 0 Å². The molecule has 0 aliphatic heterocycles. The molecule has 28 heavy (non-hydrogen) atoms. The number of halogens is 1. The van der Waals surface area contributed by atoms with Crippen LogP contribution >= 0.6 is 11.6 Å². The van der Waals surface area contributed by atoms with Crippen LogP contribution in [0.2, 0.25) is 0 Å². The smallest absolute Gasteiger partial charge is 0.190 e. The first kappa shape index (κ1) is 20.3. The van der Waals surface area contributed by atoms with E-state index in [-0.39, 0.29) is 30.5 Å². The van der Waals surface area contributed by atoms with Crippen molar-refractivity contribution in [2.75, 3.05) is 6.61 Å². The standard InChI is InChI=1S/C22H29ClO5/c1-12-9-19(2)13(8-16(12)25)4-5-15-14-6-7-21(28,18(27)11-24)20(14,3)10-17(26)22(15,19)23/h4,9,14-15,17,24,26,28H,5-8,10-11H2,1-3H3/t14-,15-,17?,19-,20-,21-,22-/m0/s1. The molecular formula is C22H29ClO5. The van der Waals surface area contributed by atoms with Crippen molar-refractivity contribution in [3.05, 3.63) is 23.3 Å². The lowest BCUT2D eigenvalue weighted by Crippen LogP contribution is -2.68. The Morgan fingerprint density at radius 3 is 2.64 bits per heavy atom. The number of carbonyl (C=O) groups excluding carboxylic acids is 2. The molecule has 2 saturated carbocycles. The number of aliphatic hydroxyl groups is 3. The Hall–Kier alpha value is -1.01. The highest BCUT2D eigenvalue weighted by Gasteiger charge is 2.72. The summed E-state index contributed by atoms with van der Waals surface area (Å²) in [7, 11) is 0. The maximum Gasteiger partial charge on any atom is 0.190 e. The highest BCUT2D eigenvalue weighted by atomic mass is 35.5. The minimum Gasteiger partial charge on any atom is -0.391 e. The first-order valence-electron chi connectivity index (χ1n) is 10.1. The first-order valence-corrected chi connectivity index (χ1v) is 10.5. The van der Waals surface area contributed by atoms with Crippen LogP contribution in [0, 0.1) is 22.7 Å². The van der Waals surface area contributed by atoms with Crippen LogP contribution in [-0.2, 0) is 9.59 Å². The Balaban J connectivity index is 1.84. The Bertz CT molecular complexity index is 818. The van der Waals surface area contributed by atoms with Crippen LogP contribution in [-0.4, -0.2) is 50.1 Å². The maximum absolute atomic E-state index is 12.4. The van der Waals surface area contributed by atoms with Gasteiger partial charge < -0.3 is 15.3 Å². The Morgan fingerprint density at radius 1 is 1.32 bits per heavy atom. The second-order valence-electron chi connectivity index (χ2n) is 9.69. The zero-order valence-electron chi connectivity index (χ0n) is 16.7. The molecule has 0 aromatic rings. The second kappa shape index (κ2) is 6.00. The number of allylic oxidation sites excluding steroid dienone is 4. The zero-order chi connectivity index (χ0) is 20.7. The molecule has 0 radical (unpaired) electrons. The molecule has 0 aromatic heterocycles. The fourth-order valence-corrected chi connectivity index (χ4v) is 7.49. The number of hydrogen-bond acceptors (Lipinski definition) is 5. The van der Waals surface area contributed by atoms with Crippen molar-refractivity contribution in [1.29, 1.82) is 0 Å². The van der Waals surface area contributed by atoms with Crippen molar-refractivity contribution in [1.82, 2.24) is 0 Å². The van der Waals surface area contributed by atoms with E-state index in [0.29, 0.717) is 24.8 Å². The van der Waals surface area contributed by atoms with E-state index in [9.17, 15) is 24.9 Å². The fraction of sp³-hybridized carbons (Fsp3) is 0.727. The largest absolute Gasteiger partial charge is 0.391 e. The molecular weight excluding hydrogens is 380 g/mol. The molecule has 7 atom stereocenters. The van der Waals surface area contributed by atoms with Crippen molar-refractivity contribution < 1.29 is 24.9 Å². The Labute approximate surface area is 170 Å². The van der Waals surface area contributed by atoms with Crippen molar-refractivity contribution in [2.24, 2.45) is 22.7 Å². The number of carbonyl (C=O) groups is 2. The van der Waals surface area contributed by atoms with Crippen LogP contribution in [0.1, 0.15) is 52.9 Å². The number of rotatable bonds is 2. The van der Waals surface area contributed by atoms with E-state index >= 15 is 0 Å². The number of alkyl halides is 1. The molecule has 0 amide bonds. The van der Waals surface area contributed by atoms with E-state index in [0.717, 1.165) is 5.57 Å². The van der Waals surface area contributed by atoms with Gasteiger partial charge in [0.2, 0.25) is 0 Å². The lowest BCUT2D eigenvalue weighted by molar-refractivity contribution is -0.172. The zero-order valence-corrected chi connectivity index (χ0v) is 17.4. The first-order chi connectivity index (χ1) is 13.0. The lowest BCUT2D eigenvalue weighted by Gasteiger charge is -2.63. The summed E-state index contributed by atoms with van der Waals surface area (Å²) < 4.78 is 0. The summed E-state index contributed by atoms with van der Waals surface area (Å²) in [5.41, 5.74) is -1.53. The topological polar surface area (TPSA) is 94.8 Å². The molecule has 1 unspecified atom stereocenters. The summed E-state index contributed by atoms with van der Waals surface area (Å²) in [6.07, 6.45) is 5.03. The van der Waals surface area contributed by atoms with E-state index < -0.39 is 39.8 Å². The average Bonchev–Trinajstić information content (AvgIpc) is 2.89. The third kappa shape index (κ3) is 2.14. The monoisotopic (exact) mass is 408 g/mol. The molecule has 154 valence electrons. The van der Waals surface area contributed by atoms with Crippen LogP contribution < -0.4 is 0 Å². The summed E-state index contributed by atoms with van der Waals surface area (Å²) in [6, 6.07) is 0. The Morgan fingerprint density at radius 2 is 2.00 bits per heavy atom. The van der Waals surface area contributed by atoms with Crippen molar-refractivity contribution in [3.63, 3.8) is 0 Å².